The van der Waals surface area contributed by atoms with Crippen LogP contribution in [0.1, 0.15) is 46.1 Å². The van der Waals surface area contributed by atoms with Gasteiger partial charge in [0.05, 0.1) is 28.5 Å². The lowest BCUT2D eigenvalue weighted by Crippen LogP contribution is -2.41. The Kier molecular flexibility index (Phi) is 8.01. The first kappa shape index (κ1) is 27.2. The van der Waals surface area contributed by atoms with Gasteiger partial charge in [-0.25, -0.2) is 26.8 Å². The second-order valence-electron chi connectivity index (χ2n) is 9.19. The fraction of sp³-hybridized carbons (Fsp3) is 0.346. The Hall–Kier alpha value is -2.82. The molecule has 11 heteroatoms. The van der Waals surface area contributed by atoms with Crippen LogP contribution in [0.5, 0.6) is 0 Å². The van der Waals surface area contributed by atoms with Gasteiger partial charge >= 0.3 is 0 Å². The van der Waals surface area contributed by atoms with Crippen molar-refractivity contribution in [1.29, 1.82) is 0 Å². The van der Waals surface area contributed by atoms with Gasteiger partial charge in [-0.1, -0.05) is 67.1 Å². The lowest BCUT2D eigenvalue weighted by molar-refractivity contribution is 0.0674. The predicted molar refractivity (Wildman–Crippen MR) is 142 cm³/mol. The van der Waals surface area contributed by atoms with E-state index in [0.717, 1.165) is 29.3 Å². The molecule has 3 aromatic rings. The number of aryl methyl sites for hydroxylation is 2. The minimum absolute atomic E-state index is 0.0240. The highest BCUT2D eigenvalue weighted by molar-refractivity contribution is 7.91. The molecule has 1 atom stereocenters. The number of benzene rings is 2. The summed E-state index contributed by atoms with van der Waals surface area (Å²) in [5.41, 5.74) is 3.08. The number of nitrogens with zero attached hydrogens (tertiary/aromatic N) is 3. The van der Waals surface area contributed by atoms with Crippen molar-refractivity contribution in [1.82, 2.24) is 14.9 Å². The van der Waals surface area contributed by atoms with Gasteiger partial charge in [-0.05, 0) is 42.0 Å². The van der Waals surface area contributed by atoms with E-state index >= 15 is 0 Å². The Morgan fingerprint density at radius 3 is 2.41 bits per heavy atom. The number of halogens is 1. The topological polar surface area (TPSA) is 114 Å². The van der Waals surface area contributed by atoms with E-state index in [4.69, 9.17) is 11.6 Å². The van der Waals surface area contributed by atoms with E-state index in [1.54, 1.807) is 12.1 Å². The van der Waals surface area contributed by atoms with Crippen molar-refractivity contribution < 1.29 is 21.6 Å². The predicted octanol–water partition coefficient (Wildman–Crippen LogP) is 3.80. The minimum Gasteiger partial charge on any atom is -0.329 e. The largest absolute Gasteiger partial charge is 0.329 e. The van der Waals surface area contributed by atoms with E-state index in [-0.39, 0.29) is 40.9 Å². The lowest BCUT2D eigenvalue weighted by Gasteiger charge is -2.28. The average Bonchev–Trinajstić information content (AvgIpc) is 3.23. The molecule has 8 nitrogen and oxygen atoms in total. The molecule has 1 fully saturated rings. The van der Waals surface area contributed by atoms with Crippen LogP contribution in [0.25, 0.3) is 0 Å². The van der Waals surface area contributed by atoms with Gasteiger partial charge in [0, 0.05) is 12.6 Å². The van der Waals surface area contributed by atoms with Crippen molar-refractivity contribution in [3.63, 3.8) is 0 Å². The molecule has 0 saturated carbocycles. The first-order valence-corrected chi connectivity index (χ1v) is 15.7. The van der Waals surface area contributed by atoms with E-state index < -0.39 is 36.8 Å². The van der Waals surface area contributed by atoms with E-state index in [1.165, 1.54) is 4.90 Å². The van der Waals surface area contributed by atoms with Crippen LogP contribution in [0.3, 0.4) is 0 Å². The standard InChI is InChI=1S/C26H28ClN3O5S2/c1-3-19-8-10-20(11-9-19)15-30(22-12-13-36(32,33)17-22)25(31)24-23(27)14-28-26(29-24)37(34,35)16-21-7-5-4-6-18(21)2/h4-11,14,22H,3,12-13,15-17H2,1-2H3. The van der Waals surface area contributed by atoms with Gasteiger partial charge in [0.1, 0.15) is 0 Å². The van der Waals surface area contributed by atoms with Crippen molar-refractivity contribution >= 4 is 37.2 Å². The molecule has 1 saturated heterocycles. The van der Waals surface area contributed by atoms with Gasteiger partial charge in [0.15, 0.2) is 15.5 Å². The molecule has 2 heterocycles. The summed E-state index contributed by atoms with van der Waals surface area (Å²) < 4.78 is 50.7. The van der Waals surface area contributed by atoms with Crippen LogP contribution in [0.4, 0.5) is 0 Å². The van der Waals surface area contributed by atoms with E-state index in [0.29, 0.717) is 5.56 Å². The summed E-state index contributed by atoms with van der Waals surface area (Å²) in [4.78, 5) is 23.2. The molecule has 196 valence electrons. The SMILES string of the molecule is CCc1ccc(CN(C(=O)c2nc(S(=O)(=O)Cc3ccccc3C)ncc2Cl)C2CCS(=O)(=O)C2)cc1. The number of carbonyl (C=O) groups excluding carboxylic acids is 1. The third kappa shape index (κ3) is 6.37. The maximum Gasteiger partial charge on any atom is 0.274 e. The maximum absolute atomic E-state index is 13.7. The molecule has 1 unspecified atom stereocenters. The summed E-state index contributed by atoms with van der Waals surface area (Å²) in [7, 11) is -7.28. The normalized spacial score (nSPS) is 17.0. The number of rotatable bonds is 8. The molecule has 37 heavy (non-hydrogen) atoms. The smallest absolute Gasteiger partial charge is 0.274 e. The Bertz CT molecular complexity index is 1520. The Morgan fingerprint density at radius 1 is 1.11 bits per heavy atom. The fourth-order valence-electron chi connectivity index (χ4n) is 4.29. The summed E-state index contributed by atoms with van der Waals surface area (Å²) in [5.74, 6) is -1.17. The summed E-state index contributed by atoms with van der Waals surface area (Å²) in [6, 6.07) is 14.2. The Balaban J connectivity index is 1.68. The second kappa shape index (κ2) is 10.9. The van der Waals surface area contributed by atoms with Gasteiger partial charge < -0.3 is 4.90 Å². The number of sulfone groups is 2. The zero-order chi connectivity index (χ0) is 26.8. The highest BCUT2D eigenvalue weighted by atomic mass is 35.5. The van der Waals surface area contributed by atoms with Gasteiger partial charge in [-0.3, -0.25) is 4.79 Å². The van der Waals surface area contributed by atoms with Gasteiger partial charge in [0.2, 0.25) is 15.0 Å². The van der Waals surface area contributed by atoms with Crippen molar-refractivity contribution in [3.8, 4) is 0 Å². The average molecular weight is 562 g/mol. The van der Waals surface area contributed by atoms with Crippen LogP contribution in [0.15, 0.2) is 59.9 Å². The van der Waals surface area contributed by atoms with Gasteiger partial charge in [-0.2, -0.15) is 0 Å². The number of hydrogen-bond donors (Lipinski definition) is 0. The van der Waals surface area contributed by atoms with Crippen molar-refractivity contribution in [2.45, 2.75) is 50.2 Å². The van der Waals surface area contributed by atoms with E-state index in [9.17, 15) is 21.6 Å². The number of aromatic nitrogens is 2. The summed E-state index contributed by atoms with van der Waals surface area (Å²) >= 11 is 6.29. The van der Waals surface area contributed by atoms with Gasteiger partial charge in [-0.15, -0.1) is 0 Å². The molecule has 1 aromatic heterocycles. The van der Waals surface area contributed by atoms with Crippen molar-refractivity contribution in [2.24, 2.45) is 0 Å². The summed E-state index contributed by atoms with van der Waals surface area (Å²) in [5, 5.41) is -0.609. The monoisotopic (exact) mass is 561 g/mol. The summed E-state index contributed by atoms with van der Waals surface area (Å²) in [6.07, 6.45) is 2.24. The molecule has 1 aliphatic rings. The van der Waals surface area contributed by atoms with Crippen LogP contribution in [0, 0.1) is 6.92 Å². The first-order valence-electron chi connectivity index (χ1n) is 11.9. The van der Waals surface area contributed by atoms with E-state index in [2.05, 4.69) is 9.97 Å². The molecular weight excluding hydrogens is 534 g/mol. The lowest BCUT2D eigenvalue weighted by atomic mass is 10.1. The second-order valence-corrected chi connectivity index (χ2v) is 13.7. The Labute approximate surface area is 222 Å². The zero-order valence-electron chi connectivity index (χ0n) is 20.6. The zero-order valence-corrected chi connectivity index (χ0v) is 23.0. The molecule has 0 N–H and O–H groups in total. The van der Waals surface area contributed by atoms with Crippen LogP contribution in [-0.2, 0) is 38.4 Å². The highest BCUT2D eigenvalue weighted by Gasteiger charge is 2.36. The Morgan fingerprint density at radius 2 is 1.78 bits per heavy atom. The van der Waals surface area contributed by atoms with Crippen LogP contribution >= 0.6 is 11.6 Å². The highest BCUT2D eigenvalue weighted by Crippen LogP contribution is 2.26. The van der Waals surface area contributed by atoms with Gasteiger partial charge in [0.25, 0.3) is 5.91 Å². The summed E-state index contributed by atoms with van der Waals surface area (Å²) in [6.45, 7) is 3.98. The third-order valence-electron chi connectivity index (χ3n) is 6.50. The fourth-order valence-corrected chi connectivity index (χ4v) is 7.50. The molecule has 0 spiro atoms. The van der Waals surface area contributed by atoms with Crippen LogP contribution in [-0.4, -0.2) is 55.2 Å². The van der Waals surface area contributed by atoms with Crippen LogP contribution < -0.4 is 0 Å². The van der Waals surface area contributed by atoms with Crippen molar-refractivity contribution in [2.75, 3.05) is 11.5 Å². The molecule has 1 aliphatic heterocycles. The van der Waals surface area contributed by atoms with Crippen LogP contribution in [0.2, 0.25) is 5.02 Å². The van der Waals surface area contributed by atoms with E-state index in [1.807, 2.05) is 50.2 Å². The van der Waals surface area contributed by atoms with Crippen molar-refractivity contribution in [3.05, 3.63) is 87.7 Å². The molecular formula is C26H28ClN3O5S2. The third-order valence-corrected chi connectivity index (χ3v) is 9.97. The molecule has 0 bridgehead atoms. The minimum atomic E-state index is -3.99. The molecule has 0 aliphatic carbocycles. The first-order chi connectivity index (χ1) is 17.5. The molecule has 2 aromatic carbocycles. The molecule has 0 radical (unpaired) electrons. The number of hydrogen-bond acceptors (Lipinski definition) is 7. The number of amides is 1. The number of carbonyl (C=O) groups is 1. The quantitative estimate of drug-likeness (QED) is 0.384. The molecule has 1 amide bonds. The maximum atomic E-state index is 13.7. The molecule has 4 rings (SSSR count).